The standard InChI is InChI=1S/C18H23N5O/c1-19-18(24)17-9-16(21-13-22-17)8-14-5-3-7-23(11-14)12-15-4-2-6-20-10-15/h2,4,6,9-10,13-14H,3,5,7-8,11-12H2,1H3,(H,19,24)/t14-/m0/s1. The van der Waals surface area contributed by atoms with Crippen LogP contribution in [0.15, 0.2) is 36.9 Å². The summed E-state index contributed by atoms with van der Waals surface area (Å²) in [7, 11) is 1.61. The molecule has 1 amide bonds. The molecule has 0 saturated carbocycles. The molecule has 0 aliphatic carbocycles. The van der Waals surface area contributed by atoms with Crippen molar-refractivity contribution in [3.8, 4) is 0 Å². The summed E-state index contributed by atoms with van der Waals surface area (Å²) in [6.07, 6.45) is 8.50. The highest BCUT2D eigenvalue weighted by atomic mass is 16.1. The normalized spacial score (nSPS) is 18.3. The van der Waals surface area contributed by atoms with Crippen LogP contribution in [0.5, 0.6) is 0 Å². The minimum Gasteiger partial charge on any atom is -0.354 e. The van der Waals surface area contributed by atoms with Gasteiger partial charge in [-0.2, -0.15) is 0 Å². The molecule has 6 heteroatoms. The van der Waals surface area contributed by atoms with Gasteiger partial charge in [-0.05, 0) is 49.4 Å². The lowest BCUT2D eigenvalue weighted by Gasteiger charge is -2.32. The number of nitrogens with one attached hydrogen (secondary N) is 1. The molecule has 126 valence electrons. The molecule has 1 saturated heterocycles. The van der Waals surface area contributed by atoms with Crippen molar-refractivity contribution in [2.75, 3.05) is 20.1 Å². The van der Waals surface area contributed by atoms with E-state index in [1.165, 1.54) is 24.7 Å². The van der Waals surface area contributed by atoms with Crippen LogP contribution in [-0.2, 0) is 13.0 Å². The van der Waals surface area contributed by atoms with E-state index >= 15 is 0 Å². The number of pyridine rings is 1. The predicted octanol–water partition coefficient (Wildman–Crippen LogP) is 1.69. The quantitative estimate of drug-likeness (QED) is 0.906. The Balaban J connectivity index is 1.60. The molecule has 2 aromatic rings. The predicted molar refractivity (Wildman–Crippen MR) is 91.4 cm³/mol. The summed E-state index contributed by atoms with van der Waals surface area (Å²) in [5, 5.41) is 2.60. The van der Waals surface area contributed by atoms with Crippen molar-refractivity contribution in [3.05, 3.63) is 53.9 Å². The zero-order valence-electron chi connectivity index (χ0n) is 14.0. The van der Waals surface area contributed by atoms with E-state index in [4.69, 9.17) is 0 Å². The highest BCUT2D eigenvalue weighted by molar-refractivity contribution is 5.91. The van der Waals surface area contributed by atoms with Gasteiger partial charge in [0.25, 0.3) is 5.91 Å². The number of hydrogen-bond acceptors (Lipinski definition) is 5. The molecule has 1 fully saturated rings. The molecule has 24 heavy (non-hydrogen) atoms. The molecule has 2 aromatic heterocycles. The number of aromatic nitrogens is 3. The van der Waals surface area contributed by atoms with Gasteiger partial charge in [-0.25, -0.2) is 9.97 Å². The van der Waals surface area contributed by atoms with Crippen LogP contribution in [-0.4, -0.2) is 45.9 Å². The Morgan fingerprint density at radius 3 is 3.12 bits per heavy atom. The van der Waals surface area contributed by atoms with Crippen molar-refractivity contribution in [1.82, 2.24) is 25.2 Å². The van der Waals surface area contributed by atoms with Crippen LogP contribution in [0.4, 0.5) is 0 Å². The highest BCUT2D eigenvalue weighted by Crippen LogP contribution is 2.21. The van der Waals surface area contributed by atoms with Gasteiger partial charge in [-0.1, -0.05) is 6.07 Å². The smallest absolute Gasteiger partial charge is 0.269 e. The van der Waals surface area contributed by atoms with Crippen molar-refractivity contribution >= 4 is 5.91 Å². The minimum absolute atomic E-state index is 0.166. The lowest BCUT2D eigenvalue weighted by Crippen LogP contribution is -2.35. The summed E-state index contributed by atoms with van der Waals surface area (Å²) in [5.74, 6) is 0.392. The highest BCUT2D eigenvalue weighted by Gasteiger charge is 2.21. The molecule has 1 atom stereocenters. The van der Waals surface area contributed by atoms with Gasteiger partial charge in [0, 0.05) is 38.2 Å². The first-order valence-electron chi connectivity index (χ1n) is 8.39. The lowest BCUT2D eigenvalue weighted by atomic mass is 9.93. The van der Waals surface area contributed by atoms with Gasteiger partial charge in [0.2, 0.25) is 0 Å². The fourth-order valence-corrected chi connectivity index (χ4v) is 3.27. The summed E-state index contributed by atoms with van der Waals surface area (Å²) < 4.78 is 0. The van der Waals surface area contributed by atoms with Gasteiger partial charge >= 0.3 is 0 Å². The second-order valence-electron chi connectivity index (χ2n) is 6.28. The average molecular weight is 325 g/mol. The number of nitrogens with zero attached hydrogens (tertiary/aromatic N) is 4. The average Bonchev–Trinajstić information content (AvgIpc) is 2.62. The van der Waals surface area contributed by atoms with E-state index in [1.807, 2.05) is 18.5 Å². The lowest BCUT2D eigenvalue weighted by molar-refractivity contribution is 0.0957. The molecule has 1 aliphatic rings. The van der Waals surface area contributed by atoms with Crippen molar-refractivity contribution in [2.45, 2.75) is 25.8 Å². The molecule has 0 aromatic carbocycles. The first-order chi connectivity index (χ1) is 11.7. The molecule has 0 bridgehead atoms. The zero-order valence-corrected chi connectivity index (χ0v) is 14.0. The van der Waals surface area contributed by atoms with Crippen LogP contribution in [0, 0.1) is 5.92 Å². The van der Waals surface area contributed by atoms with Crippen molar-refractivity contribution < 1.29 is 4.79 Å². The van der Waals surface area contributed by atoms with Gasteiger partial charge in [0.15, 0.2) is 0 Å². The molecular formula is C18H23N5O. The van der Waals surface area contributed by atoms with Crippen LogP contribution >= 0.6 is 0 Å². The second-order valence-corrected chi connectivity index (χ2v) is 6.28. The van der Waals surface area contributed by atoms with E-state index in [0.29, 0.717) is 11.6 Å². The second kappa shape index (κ2) is 7.97. The maximum Gasteiger partial charge on any atom is 0.269 e. The number of rotatable bonds is 5. The van der Waals surface area contributed by atoms with Crippen LogP contribution in [0.1, 0.15) is 34.6 Å². The largest absolute Gasteiger partial charge is 0.354 e. The molecular weight excluding hydrogens is 302 g/mol. The van der Waals surface area contributed by atoms with Crippen LogP contribution in [0.2, 0.25) is 0 Å². The fourth-order valence-electron chi connectivity index (χ4n) is 3.27. The van der Waals surface area contributed by atoms with Crippen LogP contribution in [0.25, 0.3) is 0 Å². The van der Waals surface area contributed by atoms with Crippen molar-refractivity contribution in [1.29, 1.82) is 0 Å². The third-order valence-corrected chi connectivity index (χ3v) is 4.41. The fraction of sp³-hybridized carbons (Fsp3) is 0.444. The Labute approximate surface area is 142 Å². The third-order valence-electron chi connectivity index (χ3n) is 4.41. The van der Waals surface area contributed by atoms with E-state index in [2.05, 4.69) is 31.2 Å². The summed E-state index contributed by atoms with van der Waals surface area (Å²) in [6, 6.07) is 5.91. The number of likely N-dealkylation sites (tertiary alicyclic amines) is 1. The molecule has 0 unspecified atom stereocenters. The Morgan fingerprint density at radius 1 is 1.42 bits per heavy atom. The number of carbonyl (C=O) groups is 1. The monoisotopic (exact) mass is 325 g/mol. The Morgan fingerprint density at radius 2 is 2.33 bits per heavy atom. The SMILES string of the molecule is CNC(=O)c1cc(C[C@@H]2CCCN(Cc3cccnc3)C2)ncn1. The van der Waals surface area contributed by atoms with Crippen LogP contribution < -0.4 is 5.32 Å². The van der Waals surface area contributed by atoms with Gasteiger partial charge in [0.05, 0.1) is 0 Å². The summed E-state index contributed by atoms with van der Waals surface area (Å²) >= 11 is 0. The maximum atomic E-state index is 11.7. The molecule has 0 radical (unpaired) electrons. The number of piperidine rings is 1. The Kier molecular flexibility index (Phi) is 5.48. The van der Waals surface area contributed by atoms with E-state index in [-0.39, 0.29) is 5.91 Å². The van der Waals surface area contributed by atoms with Gasteiger partial charge in [-0.3, -0.25) is 14.7 Å². The summed E-state index contributed by atoms with van der Waals surface area (Å²) in [4.78, 5) is 26.7. The molecule has 0 spiro atoms. The molecule has 3 rings (SSSR count). The van der Waals surface area contributed by atoms with Crippen molar-refractivity contribution in [3.63, 3.8) is 0 Å². The Bertz CT molecular complexity index is 676. The zero-order chi connectivity index (χ0) is 16.8. The molecule has 6 nitrogen and oxygen atoms in total. The van der Waals surface area contributed by atoms with E-state index in [9.17, 15) is 4.79 Å². The van der Waals surface area contributed by atoms with Gasteiger partial charge in [-0.15, -0.1) is 0 Å². The van der Waals surface area contributed by atoms with Gasteiger partial charge in [0.1, 0.15) is 12.0 Å². The maximum absolute atomic E-state index is 11.7. The first-order valence-corrected chi connectivity index (χ1v) is 8.39. The number of hydrogen-bond donors (Lipinski definition) is 1. The van der Waals surface area contributed by atoms with Crippen LogP contribution in [0.3, 0.4) is 0 Å². The topological polar surface area (TPSA) is 71.0 Å². The molecule has 1 aliphatic heterocycles. The molecule has 3 heterocycles. The van der Waals surface area contributed by atoms with E-state index in [0.717, 1.165) is 31.7 Å². The third kappa shape index (κ3) is 4.35. The first kappa shape index (κ1) is 16.5. The Hall–Kier alpha value is -2.34. The van der Waals surface area contributed by atoms with E-state index < -0.39 is 0 Å². The minimum atomic E-state index is -0.166. The summed E-state index contributed by atoms with van der Waals surface area (Å²) in [6.45, 7) is 3.12. The summed E-state index contributed by atoms with van der Waals surface area (Å²) in [5.41, 5.74) is 2.63. The van der Waals surface area contributed by atoms with Gasteiger partial charge < -0.3 is 5.32 Å². The van der Waals surface area contributed by atoms with Crippen molar-refractivity contribution in [2.24, 2.45) is 5.92 Å². The number of amides is 1. The molecule has 1 N–H and O–H groups in total. The van der Waals surface area contributed by atoms with E-state index in [1.54, 1.807) is 13.1 Å². The number of carbonyl (C=O) groups excluding carboxylic acids is 1.